The van der Waals surface area contributed by atoms with E-state index in [1.54, 1.807) is 46.8 Å². The highest BCUT2D eigenvalue weighted by Crippen LogP contribution is 2.64. The molecule has 0 spiro atoms. The summed E-state index contributed by atoms with van der Waals surface area (Å²) in [6.45, 7) is 8.57. The van der Waals surface area contributed by atoms with Gasteiger partial charge in [0.2, 0.25) is 0 Å². The van der Waals surface area contributed by atoms with Crippen molar-refractivity contribution in [1.29, 1.82) is 0 Å². The van der Waals surface area contributed by atoms with Gasteiger partial charge in [-0.3, -0.25) is 28.1 Å². The van der Waals surface area contributed by atoms with E-state index in [1.165, 1.54) is 12.1 Å². The summed E-state index contributed by atoms with van der Waals surface area (Å²) in [7, 11) is -3.79. The van der Waals surface area contributed by atoms with Gasteiger partial charge >= 0.3 is 13.6 Å². The Morgan fingerprint density at radius 1 is 1.07 bits per heavy atom. The fourth-order valence-electron chi connectivity index (χ4n) is 3.21. The number of hydrogen-bond acceptors (Lipinski definition) is 7. The van der Waals surface area contributed by atoms with Gasteiger partial charge in [-0.15, -0.1) is 0 Å². The third-order valence-electron chi connectivity index (χ3n) is 5.28. The summed E-state index contributed by atoms with van der Waals surface area (Å²) in [6, 6.07) is 4.86. The maximum absolute atomic E-state index is 13.3. The first kappa shape index (κ1) is 20.7. The highest BCUT2D eigenvalue weighted by Gasteiger charge is 2.58. The van der Waals surface area contributed by atoms with Gasteiger partial charge in [-0.1, -0.05) is 12.1 Å². The number of imide groups is 1. The quantitative estimate of drug-likeness (QED) is 0.419. The van der Waals surface area contributed by atoms with Crippen molar-refractivity contribution in [3.63, 3.8) is 0 Å². The van der Waals surface area contributed by atoms with E-state index in [2.05, 4.69) is 0 Å². The molecule has 0 aliphatic carbocycles. The average molecular weight is 409 g/mol. The van der Waals surface area contributed by atoms with E-state index in [0.29, 0.717) is 0 Å². The molecule has 28 heavy (non-hydrogen) atoms. The first-order valence-corrected chi connectivity index (χ1v) is 10.8. The number of rotatable bonds is 5. The molecule has 8 nitrogen and oxygen atoms in total. The van der Waals surface area contributed by atoms with Gasteiger partial charge in [-0.25, -0.2) is 4.79 Å². The smallest absolute Gasteiger partial charge is 0.334 e. The highest BCUT2D eigenvalue weighted by atomic mass is 31.2. The van der Waals surface area contributed by atoms with E-state index in [4.69, 9.17) is 13.8 Å². The Bertz CT molecular complexity index is 837. The Kier molecular flexibility index (Phi) is 5.02. The maximum Gasteiger partial charge on any atom is 0.334 e. The number of hydrogen-bond donors (Lipinski definition) is 0. The second kappa shape index (κ2) is 6.79. The fourth-order valence-corrected chi connectivity index (χ4v) is 5.96. The van der Waals surface area contributed by atoms with Crippen LogP contribution in [0.2, 0.25) is 0 Å². The summed E-state index contributed by atoms with van der Waals surface area (Å²) >= 11 is 0. The largest absolute Gasteiger partial charge is 0.464 e. The van der Waals surface area contributed by atoms with Gasteiger partial charge in [0.1, 0.15) is 17.2 Å². The normalized spacial score (nSPS) is 22.8. The minimum Gasteiger partial charge on any atom is -0.464 e. The molecule has 0 saturated carbocycles. The van der Waals surface area contributed by atoms with Crippen LogP contribution in [0.3, 0.4) is 0 Å². The van der Waals surface area contributed by atoms with Crippen LogP contribution in [0.25, 0.3) is 0 Å². The Labute approximate surface area is 163 Å². The van der Waals surface area contributed by atoms with Crippen LogP contribution in [0.5, 0.6) is 0 Å². The lowest BCUT2D eigenvalue weighted by molar-refractivity contribution is -0.147. The minimum absolute atomic E-state index is 0.0432. The van der Waals surface area contributed by atoms with E-state index >= 15 is 0 Å². The summed E-state index contributed by atoms with van der Waals surface area (Å²) in [5, 5.41) is 0. The Hall–Kier alpha value is -2.02. The maximum atomic E-state index is 13.3. The zero-order valence-corrected chi connectivity index (χ0v) is 17.4. The van der Waals surface area contributed by atoms with E-state index in [9.17, 15) is 18.9 Å². The molecule has 1 aromatic rings. The standard InChI is InChI=1S/C19H24NO7P/c1-6-25-17(23)14(11-28(24)26-18(2,3)19(4,5)27-28)20-15(21)12-9-7-8-10-13(12)16(20)22/h7-10,14H,6,11H2,1-5H3. The molecule has 0 N–H and O–H groups in total. The van der Waals surface area contributed by atoms with Gasteiger partial charge in [-0.05, 0) is 46.8 Å². The molecule has 1 aromatic carbocycles. The van der Waals surface area contributed by atoms with Crippen molar-refractivity contribution >= 4 is 25.4 Å². The number of amides is 2. The van der Waals surface area contributed by atoms with E-state index in [-0.39, 0.29) is 17.7 Å². The summed E-state index contributed by atoms with van der Waals surface area (Å²) in [4.78, 5) is 39.1. The lowest BCUT2D eigenvalue weighted by Crippen LogP contribution is -2.48. The Morgan fingerprint density at radius 2 is 1.54 bits per heavy atom. The van der Waals surface area contributed by atoms with Gasteiger partial charge in [0, 0.05) is 0 Å². The van der Waals surface area contributed by atoms with Crippen LogP contribution in [-0.2, 0) is 23.1 Å². The second-order valence-electron chi connectivity index (χ2n) is 7.79. The molecule has 1 unspecified atom stereocenters. The van der Waals surface area contributed by atoms with E-state index in [1.807, 2.05) is 0 Å². The second-order valence-corrected chi connectivity index (χ2v) is 9.74. The SMILES string of the molecule is CCOC(=O)C(CP1(=O)OC(C)(C)C(C)(C)O1)N1C(=O)c2ccccc2C1=O. The average Bonchev–Trinajstić information content (AvgIpc) is 2.92. The molecular weight excluding hydrogens is 385 g/mol. The molecule has 1 atom stereocenters. The number of ether oxygens (including phenoxy) is 1. The molecule has 0 radical (unpaired) electrons. The molecule has 0 bridgehead atoms. The highest BCUT2D eigenvalue weighted by molar-refractivity contribution is 7.54. The van der Waals surface area contributed by atoms with Crippen molar-refractivity contribution in [3.05, 3.63) is 35.4 Å². The molecule has 2 heterocycles. The van der Waals surface area contributed by atoms with Crippen LogP contribution in [0, 0.1) is 0 Å². The number of carbonyl (C=O) groups is 3. The molecule has 1 fully saturated rings. The molecule has 3 rings (SSSR count). The third kappa shape index (κ3) is 3.30. The summed E-state index contributed by atoms with van der Waals surface area (Å²) in [5.41, 5.74) is -1.39. The third-order valence-corrected chi connectivity index (χ3v) is 7.54. The van der Waals surface area contributed by atoms with Crippen molar-refractivity contribution in [3.8, 4) is 0 Å². The zero-order valence-electron chi connectivity index (χ0n) is 16.6. The molecule has 152 valence electrons. The predicted octanol–water partition coefficient (Wildman–Crippen LogP) is 3.01. The van der Waals surface area contributed by atoms with E-state index in [0.717, 1.165) is 4.90 Å². The summed E-state index contributed by atoms with van der Waals surface area (Å²) in [5.74, 6) is -2.10. The minimum atomic E-state index is -3.79. The summed E-state index contributed by atoms with van der Waals surface area (Å²) in [6.07, 6.45) is -0.468. The van der Waals surface area contributed by atoms with Crippen molar-refractivity contribution in [2.24, 2.45) is 0 Å². The van der Waals surface area contributed by atoms with Gasteiger partial charge in [-0.2, -0.15) is 0 Å². The molecule has 0 aromatic heterocycles. The Morgan fingerprint density at radius 3 is 1.96 bits per heavy atom. The topological polar surface area (TPSA) is 99.2 Å². The lowest BCUT2D eigenvalue weighted by atomic mass is 9.90. The Balaban J connectivity index is 1.96. The van der Waals surface area contributed by atoms with Gasteiger partial charge < -0.3 is 4.74 Å². The van der Waals surface area contributed by atoms with Crippen molar-refractivity contribution in [1.82, 2.24) is 4.90 Å². The van der Waals surface area contributed by atoms with Crippen LogP contribution in [0.15, 0.2) is 24.3 Å². The number of esters is 1. The molecular formula is C19H24NO7P. The van der Waals surface area contributed by atoms with Crippen LogP contribution < -0.4 is 0 Å². The molecule has 2 amide bonds. The molecule has 2 aliphatic heterocycles. The van der Waals surface area contributed by atoms with Gasteiger partial charge in [0.05, 0.1) is 23.9 Å². The number of benzene rings is 1. The number of nitrogens with zero attached hydrogens (tertiary/aromatic N) is 1. The van der Waals surface area contributed by atoms with Crippen LogP contribution in [-0.4, -0.2) is 52.7 Å². The monoisotopic (exact) mass is 409 g/mol. The van der Waals surface area contributed by atoms with Crippen molar-refractivity contribution in [2.45, 2.75) is 51.9 Å². The van der Waals surface area contributed by atoms with Crippen LogP contribution in [0.1, 0.15) is 55.3 Å². The van der Waals surface area contributed by atoms with Crippen LogP contribution >= 0.6 is 7.60 Å². The first-order chi connectivity index (χ1) is 12.9. The van der Waals surface area contributed by atoms with Gasteiger partial charge in [0.25, 0.3) is 11.8 Å². The predicted molar refractivity (Wildman–Crippen MR) is 100 cm³/mol. The lowest BCUT2D eigenvalue weighted by Gasteiger charge is -2.29. The summed E-state index contributed by atoms with van der Waals surface area (Å²) < 4.78 is 29.7. The zero-order chi connectivity index (χ0) is 20.9. The molecule has 1 saturated heterocycles. The first-order valence-electron chi connectivity index (χ1n) is 9.06. The number of carbonyl (C=O) groups excluding carboxylic acids is 3. The number of fused-ring (bicyclic) bond motifs is 1. The van der Waals surface area contributed by atoms with E-state index < -0.39 is 48.8 Å². The molecule has 2 aliphatic rings. The van der Waals surface area contributed by atoms with Gasteiger partial charge in [0.15, 0.2) is 0 Å². The fraction of sp³-hybridized carbons (Fsp3) is 0.526. The molecule has 9 heteroatoms. The van der Waals surface area contributed by atoms with Crippen molar-refractivity contribution in [2.75, 3.05) is 12.8 Å². The van der Waals surface area contributed by atoms with Crippen LogP contribution in [0.4, 0.5) is 0 Å². The van der Waals surface area contributed by atoms with Crippen molar-refractivity contribution < 1.29 is 32.7 Å².